The Morgan fingerprint density at radius 1 is 1.17 bits per heavy atom. The number of halogens is 3. The Morgan fingerprint density at radius 3 is 2.33 bits per heavy atom. The lowest BCUT2D eigenvalue weighted by Crippen LogP contribution is -2.61. The van der Waals surface area contributed by atoms with E-state index in [0.29, 0.717) is 13.0 Å². The van der Waals surface area contributed by atoms with E-state index in [9.17, 15) is 37.6 Å². The molecule has 200 valence electrons. The van der Waals surface area contributed by atoms with Crippen LogP contribution in [0.1, 0.15) is 53.9 Å². The van der Waals surface area contributed by atoms with Crippen LogP contribution < -0.4 is 10.6 Å². The van der Waals surface area contributed by atoms with Gasteiger partial charge in [-0.2, -0.15) is 18.4 Å². The summed E-state index contributed by atoms with van der Waals surface area (Å²) in [4.78, 5) is 53.5. The standard InChI is InChI=1S/C24H34F3N5O4/c1-22(2,3)18(30-21(36)24(25,26)27)20(35)32-12-14-16(23(14,4)5)17(32)19(34)29-13(10-28)11-31-9-7-6-8-15(31)33/h13-14,16-18H,6-9,11-12H2,1-5H3,(H,29,34)(H,30,36)/t13?,14-,16-,17-,18?/m0/s1. The van der Waals surface area contributed by atoms with Crippen LogP contribution in [0.3, 0.4) is 0 Å². The molecule has 4 amide bonds. The SMILES string of the molecule is CC(C)(C)C(NC(=O)C(F)(F)F)C(=O)N1C[C@H]2[C@@H]([C@H]1C(=O)NC(C#N)CN1CCCCC1=O)C2(C)C. The lowest BCUT2D eigenvalue weighted by molar-refractivity contribution is -0.176. The van der Waals surface area contributed by atoms with Gasteiger partial charge in [0.2, 0.25) is 17.7 Å². The fourth-order valence-corrected chi connectivity index (χ4v) is 5.49. The molecule has 0 aromatic carbocycles. The van der Waals surface area contributed by atoms with Gasteiger partial charge in [-0.3, -0.25) is 19.2 Å². The van der Waals surface area contributed by atoms with Crippen molar-refractivity contribution in [2.45, 2.75) is 78.2 Å². The fourth-order valence-electron chi connectivity index (χ4n) is 5.49. The zero-order valence-corrected chi connectivity index (χ0v) is 21.2. The van der Waals surface area contributed by atoms with Gasteiger partial charge in [0, 0.05) is 19.5 Å². The number of alkyl halides is 3. The second-order valence-corrected chi connectivity index (χ2v) is 11.6. The van der Waals surface area contributed by atoms with E-state index in [2.05, 4.69) is 5.32 Å². The molecule has 2 unspecified atom stereocenters. The maximum absolute atomic E-state index is 13.5. The summed E-state index contributed by atoms with van der Waals surface area (Å²) >= 11 is 0. The van der Waals surface area contributed by atoms with Crippen molar-refractivity contribution in [3.8, 4) is 6.07 Å². The van der Waals surface area contributed by atoms with Gasteiger partial charge in [0.15, 0.2) is 0 Å². The van der Waals surface area contributed by atoms with Gasteiger partial charge in [-0.25, -0.2) is 0 Å². The molecule has 2 saturated heterocycles. The van der Waals surface area contributed by atoms with Crippen LogP contribution in [0.4, 0.5) is 13.2 Å². The summed E-state index contributed by atoms with van der Waals surface area (Å²) in [5, 5.41) is 14.1. The highest BCUT2D eigenvalue weighted by Crippen LogP contribution is 2.65. The highest BCUT2D eigenvalue weighted by Gasteiger charge is 2.70. The van der Waals surface area contributed by atoms with Crippen LogP contribution in [0.25, 0.3) is 0 Å². The van der Waals surface area contributed by atoms with E-state index in [1.165, 1.54) is 30.6 Å². The number of rotatable bonds is 6. The van der Waals surface area contributed by atoms with Crippen molar-refractivity contribution in [2.75, 3.05) is 19.6 Å². The minimum absolute atomic E-state index is 0.0193. The molecule has 3 fully saturated rings. The largest absolute Gasteiger partial charge is 0.471 e. The summed E-state index contributed by atoms with van der Waals surface area (Å²) < 4.78 is 38.9. The first-order valence-corrected chi connectivity index (χ1v) is 12.2. The summed E-state index contributed by atoms with van der Waals surface area (Å²) in [6, 6.07) is -1.52. The lowest BCUT2D eigenvalue weighted by atomic mass is 9.85. The number of nitrogens with one attached hydrogen (secondary N) is 2. The van der Waals surface area contributed by atoms with E-state index < -0.39 is 47.4 Å². The summed E-state index contributed by atoms with van der Waals surface area (Å²) in [5.41, 5.74) is -1.33. The monoisotopic (exact) mass is 513 g/mol. The smallest absolute Gasteiger partial charge is 0.340 e. The van der Waals surface area contributed by atoms with Crippen molar-refractivity contribution in [3.63, 3.8) is 0 Å². The molecule has 3 aliphatic rings. The molecule has 2 aliphatic heterocycles. The predicted molar refractivity (Wildman–Crippen MR) is 122 cm³/mol. The topological polar surface area (TPSA) is 123 Å². The number of carbonyl (C=O) groups is 4. The first-order chi connectivity index (χ1) is 16.5. The Labute approximate surface area is 208 Å². The van der Waals surface area contributed by atoms with Crippen molar-refractivity contribution < 1.29 is 32.3 Å². The van der Waals surface area contributed by atoms with Gasteiger partial charge in [-0.15, -0.1) is 0 Å². The van der Waals surface area contributed by atoms with E-state index >= 15 is 0 Å². The zero-order valence-electron chi connectivity index (χ0n) is 21.2. The van der Waals surface area contributed by atoms with E-state index in [0.717, 1.165) is 12.8 Å². The molecule has 12 heteroatoms. The Bertz CT molecular complexity index is 968. The van der Waals surface area contributed by atoms with Crippen molar-refractivity contribution in [2.24, 2.45) is 22.7 Å². The molecule has 5 atom stereocenters. The van der Waals surface area contributed by atoms with Crippen LogP contribution in [-0.4, -0.2) is 77.4 Å². The number of nitrogens with zero attached hydrogens (tertiary/aromatic N) is 3. The molecular weight excluding hydrogens is 479 g/mol. The third-order valence-electron chi connectivity index (χ3n) is 7.70. The van der Waals surface area contributed by atoms with Crippen LogP contribution in [0.5, 0.6) is 0 Å². The number of hydrogen-bond acceptors (Lipinski definition) is 5. The Hall–Kier alpha value is -2.84. The van der Waals surface area contributed by atoms with E-state index in [1.54, 1.807) is 0 Å². The lowest BCUT2D eigenvalue weighted by Gasteiger charge is -2.38. The third-order valence-corrected chi connectivity index (χ3v) is 7.70. The zero-order chi connectivity index (χ0) is 27.2. The summed E-state index contributed by atoms with van der Waals surface area (Å²) in [7, 11) is 0. The fraction of sp³-hybridized carbons (Fsp3) is 0.792. The molecule has 1 saturated carbocycles. The molecule has 0 radical (unpaired) electrons. The number of fused-ring (bicyclic) bond motifs is 1. The van der Waals surface area contributed by atoms with Gasteiger partial charge >= 0.3 is 12.1 Å². The molecule has 0 aromatic heterocycles. The molecule has 2 heterocycles. The van der Waals surface area contributed by atoms with Crippen LogP contribution in [0, 0.1) is 34.0 Å². The summed E-state index contributed by atoms with van der Waals surface area (Å²) in [6.07, 6.45) is -3.21. The molecule has 36 heavy (non-hydrogen) atoms. The second-order valence-electron chi connectivity index (χ2n) is 11.6. The van der Waals surface area contributed by atoms with Crippen LogP contribution in [0.2, 0.25) is 0 Å². The van der Waals surface area contributed by atoms with Gasteiger partial charge < -0.3 is 20.4 Å². The average Bonchev–Trinajstić information content (AvgIpc) is 3.09. The Balaban J connectivity index is 1.80. The molecule has 1 aliphatic carbocycles. The molecular formula is C24H34F3N5O4. The van der Waals surface area contributed by atoms with Gasteiger partial charge in [-0.1, -0.05) is 34.6 Å². The number of likely N-dealkylation sites (tertiary alicyclic amines) is 2. The normalized spacial score (nSPS) is 27.0. The van der Waals surface area contributed by atoms with Gasteiger partial charge in [0.05, 0.1) is 12.6 Å². The number of piperidine rings is 2. The van der Waals surface area contributed by atoms with E-state index in [1.807, 2.05) is 25.2 Å². The predicted octanol–water partition coefficient (Wildman–Crippen LogP) is 1.58. The molecule has 3 rings (SSSR count). The van der Waals surface area contributed by atoms with Crippen molar-refractivity contribution in [1.82, 2.24) is 20.4 Å². The van der Waals surface area contributed by atoms with Gasteiger partial charge in [0.1, 0.15) is 18.1 Å². The first kappa shape index (κ1) is 27.7. The first-order valence-electron chi connectivity index (χ1n) is 12.2. The third kappa shape index (κ3) is 5.44. The van der Waals surface area contributed by atoms with Crippen molar-refractivity contribution in [1.29, 1.82) is 5.26 Å². The quantitative estimate of drug-likeness (QED) is 0.559. The van der Waals surface area contributed by atoms with Crippen LogP contribution >= 0.6 is 0 Å². The van der Waals surface area contributed by atoms with E-state index in [4.69, 9.17) is 0 Å². The van der Waals surface area contributed by atoms with Crippen molar-refractivity contribution >= 4 is 23.6 Å². The number of hydrogen-bond donors (Lipinski definition) is 2. The molecule has 0 spiro atoms. The van der Waals surface area contributed by atoms with Crippen LogP contribution in [-0.2, 0) is 19.2 Å². The number of nitriles is 1. The average molecular weight is 514 g/mol. The summed E-state index contributed by atoms with van der Waals surface area (Å²) in [5.74, 6) is -3.96. The van der Waals surface area contributed by atoms with Crippen molar-refractivity contribution in [3.05, 3.63) is 0 Å². The maximum atomic E-state index is 13.5. The number of amides is 4. The Kier molecular flexibility index (Phi) is 7.37. The molecule has 0 bridgehead atoms. The number of carbonyl (C=O) groups excluding carboxylic acids is 4. The molecule has 0 aromatic rings. The molecule has 9 nitrogen and oxygen atoms in total. The Morgan fingerprint density at radius 2 is 1.81 bits per heavy atom. The highest BCUT2D eigenvalue weighted by atomic mass is 19.4. The highest BCUT2D eigenvalue weighted by molar-refractivity contribution is 5.95. The minimum Gasteiger partial charge on any atom is -0.340 e. The second kappa shape index (κ2) is 9.56. The maximum Gasteiger partial charge on any atom is 0.471 e. The van der Waals surface area contributed by atoms with Gasteiger partial charge in [-0.05, 0) is 35.5 Å². The van der Waals surface area contributed by atoms with E-state index in [-0.39, 0.29) is 36.2 Å². The van der Waals surface area contributed by atoms with Gasteiger partial charge in [0.25, 0.3) is 0 Å². The minimum atomic E-state index is -5.17. The molecule has 2 N–H and O–H groups in total. The van der Waals surface area contributed by atoms with Crippen LogP contribution in [0.15, 0.2) is 0 Å². The summed E-state index contributed by atoms with van der Waals surface area (Å²) in [6.45, 7) is 9.16.